The molecule has 170 valence electrons. The van der Waals surface area contributed by atoms with Crippen molar-refractivity contribution in [3.8, 4) is 0 Å². The fourth-order valence-corrected chi connectivity index (χ4v) is 2.30. The van der Waals surface area contributed by atoms with Gasteiger partial charge in [-0.3, -0.25) is 24.0 Å². The highest BCUT2D eigenvalue weighted by molar-refractivity contribution is 5.94. The van der Waals surface area contributed by atoms with Crippen LogP contribution < -0.4 is 27.4 Å². The number of nitrogens with one attached hydrogen (secondary N) is 3. The van der Waals surface area contributed by atoms with Gasteiger partial charge in [0.25, 0.3) is 0 Å². The molecule has 0 spiro atoms. The third-order valence-corrected chi connectivity index (χ3v) is 4.02. The minimum atomic E-state index is -1.45. The van der Waals surface area contributed by atoms with E-state index in [0.717, 1.165) is 0 Å². The summed E-state index contributed by atoms with van der Waals surface area (Å²) in [4.78, 5) is 69.4. The van der Waals surface area contributed by atoms with Crippen molar-refractivity contribution >= 4 is 35.6 Å². The third-order valence-electron chi connectivity index (χ3n) is 4.02. The predicted molar refractivity (Wildman–Crippen MR) is 103 cm³/mol. The Morgan fingerprint density at radius 2 is 1.43 bits per heavy atom. The topological polar surface area (TPSA) is 231 Å². The number of carbonyl (C=O) groups is 6. The van der Waals surface area contributed by atoms with E-state index in [2.05, 4.69) is 16.0 Å². The zero-order valence-electron chi connectivity index (χ0n) is 17.0. The smallest absolute Gasteiger partial charge is 0.326 e. The Labute approximate surface area is 172 Å². The molecular weight excluding hydrogens is 402 g/mol. The number of amides is 4. The highest BCUT2D eigenvalue weighted by atomic mass is 16.4. The Hall–Kier alpha value is -3.22. The minimum absolute atomic E-state index is 0.334. The lowest BCUT2D eigenvalue weighted by Crippen LogP contribution is -2.58. The van der Waals surface area contributed by atoms with Crippen molar-refractivity contribution in [1.82, 2.24) is 16.0 Å². The lowest BCUT2D eigenvalue weighted by atomic mass is 10.0. The number of nitrogens with two attached hydrogens (primary N) is 2. The Balaban J connectivity index is 5.03. The molecule has 13 nitrogen and oxygen atoms in total. The highest BCUT2D eigenvalue weighted by Crippen LogP contribution is 2.06. The molecule has 30 heavy (non-hydrogen) atoms. The number of hydrogen-bond acceptors (Lipinski definition) is 7. The molecule has 0 radical (unpaired) electrons. The summed E-state index contributed by atoms with van der Waals surface area (Å²) >= 11 is 0. The molecule has 4 unspecified atom stereocenters. The number of primary amides is 1. The number of aliphatic carboxylic acids is 2. The Kier molecular flexibility index (Phi) is 11.0. The van der Waals surface area contributed by atoms with Crippen LogP contribution in [0.15, 0.2) is 0 Å². The van der Waals surface area contributed by atoms with E-state index in [-0.39, 0.29) is 6.42 Å². The summed E-state index contributed by atoms with van der Waals surface area (Å²) < 4.78 is 0. The van der Waals surface area contributed by atoms with Crippen LogP contribution in [0, 0.1) is 5.92 Å². The van der Waals surface area contributed by atoms with Crippen LogP contribution in [-0.2, 0) is 28.8 Å². The van der Waals surface area contributed by atoms with Crippen molar-refractivity contribution in [2.75, 3.05) is 0 Å². The van der Waals surface area contributed by atoms with Crippen molar-refractivity contribution in [2.45, 2.75) is 64.2 Å². The first-order valence-electron chi connectivity index (χ1n) is 9.15. The summed E-state index contributed by atoms with van der Waals surface area (Å²) in [5.74, 6) is -6.24. The van der Waals surface area contributed by atoms with E-state index in [1.807, 2.05) is 0 Å². The lowest BCUT2D eigenvalue weighted by Gasteiger charge is -2.25. The lowest BCUT2D eigenvalue weighted by molar-refractivity contribution is -0.143. The fourth-order valence-electron chi connectivity index (χ4n) is 2.30. The van der Waals surface area contributed by atoms with E-state index in [1.54, 1.807) is 13.8 Å². The molecule has 0 aliphatic heterocycles. The number of carbonyl (C=O) groups excluding carboxylic acids is 4. The average Bonchev–Trinajstić information content (AvgIpc) is 2.61. The number of hydrogen-bond donors (Lipinski definition) is 7. The summed E-state index contributed by atoms with van der Waals surface area (Å²) in [5.41, 5.74) is 10.4. The van der Waals surface area contributed by atoms with Gasteiger partial charge in [-0.25, -0.2) is 4.79 Å². The molecule has 13 heteroatoms. The summed E-state index contributed by atoms with van der Waals surface area (Å²) in [6, 6.07) is -4.96. The maximum Gasteiger partial charge on any atom is 0.326 e. The van der Waals surface area contributed by atoms with Crippen LogP contribution in [0.1, 0.15) is 40.0 Å². The van der Waals surface area contributed by atoms with Gasteiger partial charge in [0.15, 0.2) is 0 Å². The fraction of sp³-hybridized carbons (Fsp3) is 0.647. The second kappa shape index (κ2) is 12.4. The molecule has 4 amide bonds. The van der Waals surface area contributed by atoms with Gasteiger partial charge in [0.2, 0.25) is 23.6 Å². The summed E-state index contributed by atoms with van der Waals surface area (Å²) in [6.07, 6.45) is -1.21. The molecule has 0 aliphatic carbocycles. The molecule has 0 bridgehead atoms. The molecule has 4 atom stereocenters. The van der Waals surface area contributed by atoms with Crippen LogP contribution in [0.2, 0.25) is 0 Å². The zero-order valence-corrected chi connectivity index (χ0v) is 17.0. The standard InChI is InChI=1S/C17H29N5O8/c1-7(2)13(16(28)21-10(17(29)30)4-5-12(24)25)22-14(26)8(3)20-15(27)9(18)6-11(19)23/h7-10,13H,4-6,18H2,1-3H3,(H2,19,23)(H,20,27)(H,21,28)(H,22,26)(H,24,25)(H,29,30). The largest absolute Gasteiger partial charge is 0.481 e. The summed E-state index contributed by atoms with van der Waals surface area (Å²) in [6.45, 7) is 4.53. The van der Waals surface area contributed by atoms with Gasteiger partial charge >= 0.3 is 11.9 Å². The van der Waals surface area contributed by atoms with Gasteiger partial charge in [0.05, 0.1) is 12.5 Å². The molecule has 0 aromatic rings. The molecule has 0 aliphatic rings. The van der Waals surface area contributed by atoms with E-state index >= 15 is 0 Å². The van der Waals surface area contributed by atoms with Gasteiger partial charge in [-0.15, -0.1) is 0 Å². The quantitative estimate of drug-likeness (QED) is 0.160. The number of rotatable bonds is 13. The van der Waals surface area contributed by atoms with Crippen molar-refractivity contribution in [3.05, 3.63) is 0 Å². The van der Waals surface area contributed by atoms with Crippen LogP contribution in [0.3, 0.4) is 0 Å². The van der Waals surface area contributed by atoms with Crippen LogP contribution in [0.4, 0.5) is 0 Å². The van der Waals surface area contributed by atoms with E-state index in [1.165, 1.54) is 6.92 Å². The van der Waals surface area contributed by atoms with Crippen molar-refractivity contribution in [1.29, 1.82) is 0 Å². The van der Waals surface area contributed by atoms with Gasteiger partial charge in [0, 0.05) is 6.42 Å². The van der Waals surface area contributed by atoms with Gasteiger partial charge in [0.1, 0.15) is 18.1 Å². The molecular formula is C17H29N5O8. The predicted octanol–water partition coefficient (Wildman–Crippen LogP) is -2.73. The van der Waals surface area contributed by atoms with Gasteiger partial charge < -0.3 is 37.6 Å². The molecule has 0 heterocycles. The van der Waals surface area contributed by atoms with E-state index in [0.29, 0.717) is 0 Å². The van der Waals surface area contributed by atoms with Gasteiger partial charge in [-0.1, -0.05) is 13.8 Å². The van der Waals surface area contributed by atoms with Gasteiger partial charge in [-0.2, -0.15) is 0 Å². The first-order valence-corrected chi connectivity index (χ1v) is 9.15. The molecule has 9 N–H and O–H groups in total. The van der Waals surface area contributed by atoms with Crippen molar-refractivity contribution in [2.24, 2.45) is 17.4 Å². The highest BCUT2D eigenvalue weighted by Gasteiger charge is 2.30. The van der Waals surface area contributed by atoms with E-state index in [9.17, 15) is 28.8 Å². The maximum absolute atomic E-state index is 12.5. The molecule has 0 saturated carbocycles. The van der Waals surface area contributed by atoms with Crippen molar-refractivity contribution in [3.63, 3.8) is 0 Å². The molecule has 0 aromatic carbocycles. The van der Waals surface area contributed by atoms with Gasteiger partial charge in [-0.05, 0) is 19.3 Å². The average molecular weight is 431 g/mol. The Bertz CT molecular complexity index is 681. The maximum atomic E-state index is 12.5. The number of carboxylic acid groups (broad SMARTS) is 2. The monoisotopic (exact) mass is 431 g/mol. The SMILES string of the molecule is CC(NC(=O)C(N)CC(N)=O)C(=O)NC(C(=O)NC(CCC(=O)O)C(=O)O)C(C)C. The Morgan fingerprint density at radius 3 is 1.87 bits per heavy atom. The first kappa shape index (κ1) is 26.8. The van der Waals surface area contributed by atoms with E-state index < -0.39 is 78.5 Å². The second-order valence-electron chi connectivity index (χ2n) is 7.07. The van der Waals surface area contributed by atoms with Crippen LogP contribution >= 0.6 is 0 Å². The normalized spacial score (nSPS) is 14.7. The van der Waals surface area contributed by atoms with Crippen LogP contribution in [0.25, 0.3) is 0 Å². The Morgan fingerprint density at radius 1 is 0.867 bits per heavy atom. The zero-order chi connectivity index (χ0) is 23.6. The molecule has 0 rings (SSSR count). The second-order valence-corrected chi connectivity index (χ2v) is 7.07. The molecule has 0 aromatic heterocycles. The minimum Gasteiger partial charge on any atom is -0.481 e. The summed E-state index contributed by atoms with van der Waals surface area (Å²) in [7, 11) is 0. The summed E-state index contributed by atoms with van der Waals surface area (Å²) in [5, 5.41) is 24.7. The first-order chi connectivity index (χ1) is 13.8. The van der Waals surface area contributed by atoms with E-state index in [4.69, 9.17) is 21.7 Å². The van der Waals surface area contributed by atoms with Crippen LogP contribution in [0.5, 0.6) is 0 Å². The van der Waals surface area contributed by atoms with Crippen molar-refractivity contribution < 1.29 is 39.0 Å². The number of carboxylic acids is 2. The molecule has 0 saturated heterocycles. The molecule has 0 fully saturated rings. The third kappa shape index (κ3) is 9.82. The van der Waals surface area contributed by atoms with Crippen LogP contribution in [-0.4, -0.2) is 69.9 Å².